The molecule has 0 saturated heterocycles. The molecule has 5 nitrogen and oxygen atoms in total. The minimum atomic E-state index is -0.221. The monoisotopic (exact) mass is 264 g/mol. The van der Waals surface area contributed by atoms with E-state index in [2.05, 4.69) is 48.5 Å². The highest BCUT2D eigenvalue weighted by molar-refractivity contribution is 5.91. The molecule has 0 spiro atoms. The molecule has 5 heteroatoms. The van der Waals surface area contributed by atoms with Crippen molar-refractivity contribution in [3.05, 3.63) is 17.8 Å². The maximum absolute atomic E-state index is 11.3. The molecule has 0 radical (unpaired) electrons. The van der Waals surface area contributed by atoms with Gasteiger partial charge in [-0.2, -0.15) is 0 Å². The van der Waals surface area contributed by atoms with Gasteiger partial charge in [0.1, 0.15) is 5.82 Å². The lowest BCUT2D eigenvalue weighted by molar-refractivity contribution is 0.0957. The molecule has 0 aliphatic carbocycles. The van der Waals surface area contributed by atoms with Gasteiger partial charge in [0.25, 0.3) is 5.91 Å². The van der Waals surface area contributed by atoms with Crippen LogP contribution < -0.4 is 10.6 Å². The standard InChI is InChI=1S/C14H24N4O/c1-9(2)11(10(3)4)8-16-13-7-6-12(17-18-13)14(19)15-5/h6-7,9-11H,8H2,1-5H3,(H,15,19)(H,16,18). The van der Waals surface area contributed by atoms with Crippen molar-refractivity contribution in [1.82, 2.24) is 15.5 Å². The number of nitrogens with zero attached hydrogens (tertiary/aromatic N) is 2. The Morgan fingerprint density at radius 1 is 1.16 bits per heavy atom. The Morgan fingerprint density at radius 3 is 2.21 bits per heavy atom. The van der Waals surface area contributed by atoms with E-state index in [4.69, 9.17) is 0 Å². The Bertz CT molecular complexity index is 392. The largest absolute Gasteiger partial charge is 0.368 e. The van der Waals surface area contributed by atoms with Gasteiger partial charge in [-0.05, 0) is 29.9 Å². The minimum Gasteiger partial charge on any atom is -0.368 e. The Hall–Kier alpha value is -1.65. The summed E-state index contributed by atoms with van der Waals surface area (Å²) in [5.74, 6) is 2.30. The Labute approximate surface area is 115 Å². The first kappa shape index (κ1) is 15.4. The normalized spacial score (nSPS) is 11.2. The summed E-state index contributed by atoms with van der Waals surface area (Å²) in [7, 11) is 1.58. The fraction of sp³-hybridized carbons (Fsp3) is 0.643. The lowest BCUT2D eigenvalue weighted by Crippen LogP contribution is -2.25. The molecule has 0 saturated carbocycles. The number of carbonyl (C=O) groups is 1. The molecule has 0 aromatic carbocycles. The van der Waals surface area contributed by atoms with Crippen LogP contribution in [0.1, 0.15) is 38.2 Å². The van der Waals surface area contributed by atoms with E-state index in [9.17, 15) is 4.79 Å². The molecule has 2 N–H and O–H groups in total. The SMILES string of the molecule is CNC(=O)c1ccc(NCC(C(C)C)C(C)C)nn1. The Morgan fingerprint density at radius 2 is 1.79 bits per heavy atom. The van der Waals surface area contributed by atoms with Gasteiger partial charge in [-0.25, -0.2) is 0 Å². The van der Waals surface area contributed by atoms with Crippen molar-refractivity contribution in [2.45, 2.75) is 27.7 Å². The molecule has 0 aliphatic heterocycles. The molecule has 19 heavy (non-hydrogen) atoms. The molecule has 0 atom stereocenters. The molecule has 1 aromatic rings. The van der Waals surface area contributed by atoms with Gasteiger partial charge < -0.3 is 10.6 Å². The van der Waals surface area contributed by atoms with E-state index in [0.29, 0.717) is 29.3 Å². The molecule has 1 rings (SSSR count). The summed E-state index contributed by atoms with van der Waals surface area (Å²) in [5.41, 5.74) is 0.331. The van der Waals surface area contributed by atoms with Crippen molar-refractivity contribution in [1.29, 1.82) is 0 Å². The van der Waals surface area contributed by atoms with E-state index in [1.807, 2.05) is 0 Å². The smallest absolute Gasteiger partial charge is 0.271 e. The van der Waals surface area contributed by atoms with E-state index in [0.717, 1.165) is 6.54 Å². The van der Waals surface area contributed by atoms with Crippen LogP contribution in [0.25, 0.3) is 0 Å². The third kappa shape index (κ3) is 4.50. The van der Waals surface area contributed by atoms with Gasteiger partial charge >= 0.3 is 0 Å². The summed E-state index contributed by atoms with van der Waals surface area (Å²) < 4.78 is 0. The predicted octanol–water partition coefficient (Wildman–Crippen LogP) is 2.18. The molecule has 0 bridgehead atoms. The van der Waals surface area contributed by atoms with Crippen LogP contribution in [0.3, 0.4) is 0 Å². The highest BCUT2D eigenvalue weighted by Gasteiger charge is 2.17. The highest BCUT2D eigenvalue weighted by atomic mass is 16.1. The number of aromatic nitrogens is 2. The number of rotatable bonds is 6. The lowest BCUT2D eigenvalue weighted by atomic mass is 9.85. The topological polar surface area (TPSA) is 66.9 Å². The minimum absolute atomic E-state index is 0.221. The van der Waals surface area contributed by atoms with Crippen LogP contribution in [0, 0.1) is 17.8 Å². The maximum atomic E-state index is 11.3. The summed E-state index contributed by atoms with van der Waals surface area (Å²) in [6.45, 7) is 9.78. The van der Waals surface area contributed by atoms with Crippen LogP contribution in [-0.2, 0) is 0 Å². The van der Waals surface area contributed by atoms with Gasteiger partial charge in [0.15, 0.2) is 5.69 Å². The van der Waals surface area contributed by atoms with Crippen molar-refractivity contribution < 1.29 is 4.79 Å². The molecular formula is C14H24N4O. The second-order valence-corrected chi connectivity index (χ2v) is 5.42. The third-order valence-electron chi connectivity index (χ3n) is 3.36. The molecular weight excluding hydrogens is 240 g/mol. The van der Waals surface area contributed by atoms with Gasteiger partial charge in [0, 0.05) is 13.6 Å². The van der Waals surface area contributed by atoms with E-state index in [-0.39, 0.29) is 5.91 Å². The third-order valence-corrected chi connectivity index (χ3v) is 3.36. The van der Waals surface area contributed by atoms with E-state index >= 15 is 0 Å². The first-order valence-corrected chi connectivity index (χ1v) is 6.75. The molecule has 0 unspecified atom stereocenters. The summed E-state index contributed by atoms with van der Waals surface area (Å²) >= 11 is 0. The van der Waals surface area contributed by atoms with E-state index in [1.54, 1.807) is 19.2 Å². The van der Waals surface area contributed by atoms with Crippen LogP contribution in [0.4, 0.5) is 5.82 Å². The summed E-state index contributed by atoms with van der Waals surface area (Å²) in [5, 5.41) is 13.7. The van der Waals surface area contributed by atoms with Crippen molar-refractivity contribution >= 4 is 11.7 Å². The van der Waals surface area contributed by atoms with Gasteiger partial charge in [-0.1, -0.05) is 27.7 Å². The predicted molar refractivity (Wildman–Crippen MR) is 77.1 cm³/mol. The zero-order chi connectivity index (χ0) is 14.4. The summed E-state index contributed by atoms with van der Waals surface area (Å²) in [4.78, 5) is 11.3. The fourth-order valence-electron chi connectivity index (χ4n) is 2.14. The average molecular weight is 264 g/mol. The highest BCUT2D eigenvalue weighted by Crippen LogP contribution is 2.20. The van der Waals surface area contributed by atoms with Crippen LogP contribution in [-0.4, -0.2) is 29.7 Å². The molecule has 1 heterocycles. The number of carbonyl (C=O) groups excluding carboxylic acids is 1. The number of amides is 1. The molecule has 1 aromatic heterocycles. The van der Waals surface area contributed by atoms with Crippen molar-refractivity contribution in [2.75, 3.05) is 18.9 Å². The molecule has 0 aliphatic rings. The Balaban J connectivity index is 2.60. The zero-order valence-corrected chi connectivity index (χ0v) is 12.4. The van der Waals surface area contributed by atoms with Crippen molar-refractivity contribution in [3.8, 4) is 0 Å². The van der Waals surface area contributed by atoms with E-state index in [1.165, 1.54) is 0 Å². The van der Waals surface area contributed by atoms with Crippen molar-refractivity contribution in [2.24, 2.45) is 17.8 Å². The summed E-state index contributed by atoms with van der Waals surface area (Å²) in [6, 6.07) is 3.46. The number of anilines is 1. The quantitative estimate of drug-likeness (QED) is 0.826. The fourth-order valence-corrected chi connectivity index (χ4v) is 2.14. The molecule has 0 fully saturated rings. The van der Waals surface area contributed by atoms with Crippen LogP contribution >= 0.6 is 0 Å². The number of nitrogens with one attached hydrogen (secondary N) is 2. The maximum Gasteiger partial charge on any atom is 0.271 e. The zero-order valence-electron chi connectivity index (χ0n) is 12.4. The molecule has 1 amide bonds. The average Bonchev–Trinajstić information content (AvgIpc) is 2.38. The van der Waals surface area contributed by atoms with Crippen molar-refractivity contribution in [3.63, 3.8) is 0 Å². The van der Waals surface area contributed by atoms with Crippen LogP contribution in [0.2, 0.25) is 0 Å². The summed E-state index contributed by atoms with van der Waals surface area (Å²) in [6.07, 6.45) is 0. The van der Waals surface area contributed by atoms with Gasteiger partial charge in [-0.3, -0.25) is 4.79 Å². The second kappa shape index (κ2) is 7.07. The number of hydrogen-bond donors (Lipinski definition) is 2. The number of hydrogen-bond acceptors (Lipinski definition) is 4. The van der Waals surface area contributed by atoms with Gasteiger partial charge in [0.2, 0.25) is 0 Å². The second-order valence-electron chi connectivity index (χ2n) is 5.42. The van der Waals surface area contributed by atoms with Crippen LogP contribution in [0.15, 0.2) is 12.1 Å². The Kier molecular flexibility index (Phi) is 5.73. The first-order chi connectivity index (χ1) is 8.95. The van der Waals surface area contributed by atoms with Gasteiger partial charge in [-0.15, -0.1) is 10.2 Å². The van der Waals surface area contributed by atoms with Gasteiger partial charge in [0.05, 0.1) is 0 Å². The molecule has 106 valence electrons. The first-order valence-electron chi connectivity index (χ1n) is 6.75. The van der Waals surface area contributed by atoms with Crippen LogP contribution in [0.5, 0.6) is 0 Å². The lowest BCUT2D eigenvalue weighted by Gasteiger charge is -2.25. The van der Waals surface area contributed by atoms with E-state index < -0.39 is 0 Å².